The van der Waals surface area contributed by atoms with E-state index in [0.717, 1.165) is 6.42 Å². The maximum absolute atomic E-state index is 13.1. The molecule has 0 aliphatic rings. The number of halogens is 1. The zero-order valence-corrected chi connectivity index (χ0v) is 12.0. The third kappa shape index (κ3) is 4.34. The highest BCUT2D eigenvalue weighted by atomic mass is 32.2. The second-order valence-electron chi connectivity index (χ2n) is 4.08. The number of nitrogens with one attached hydrogen (secondary N) is 1. The minimum Gasteiger partial charge on any atom is -0.389 e. The Morgan fingerprint density at radius 3 is 2.83 bits per heavy atom. The number of benzene rings is 1. The van der Waals surface area contributed by atoms with Crippen molar-refractivity contribution in [3.63, 3.8) is 0 Å². The zero-order valence-electron chi connectivity index (χ0n) is 10.4. The molecule has 1 rings (SSSR count). The van der Waals surface area contributed by atoms with Gasteiger partial charge in [-0.1, -0.05) is 19.1 Å². The molecule has 2 atom stereocenters. The minimum atomic E-state index is -0.836. The molecule has 0 aliphatic carbocycles. The van der Waals surface area contributed by atoms with Gasteiger partial charge in [0.05, 0.1) is 0 Å². The maximum Gasteiger partial charge on any atom is 0.124 e. The molecule has 1 aromatic rings. The molecule has 0 heterocycles. The van der Waals surface area contributed by atoms with E-state index in [1.54, 1.807) is 12.3 Å². The van der Waals surface area contributed by atoms with Gasteiger partial charge in [0.15, 0.2) is 0 Å². The molecule has 6 heteroatoms. The van der Waals surface area contributed by atoms with E-state index in [4.69, 9.17) is 18.0 Å². The van der Waals surface area contributed by atoms with Gasteiger partial charge in [0.25, 0.3) is 0 Å². The van der Waals surface area contributed by atoms with E-state index >= 15 is 0 Å². The summed E-state index contributed by atoms with van der Waals surface area (Å²) in [5, 5.41) is 3.26. The van der Waals surface area contributed by atoms with Crippen molar-refractivity contribution >= 4 is 33.7 Å². The van der Waals surface area contributed by atoms with Gasteiger partial charge in [-0.15, -0.1) is 0 Å². The Bertz CT molecular complexity index is 465. The van der Waals surface area contributed by atoms with Crippen molar-refractivity contribution in [1.29, 1.82) is 0 Å². The van der Waals surface area contributed by atoms with E-state index in [0.29, 0.717) is 17.8 Å². The van der Waals surface area contributed by atoms with Crippen molar-refractivity contribution in [3.8, 4) is 0 Å². The Morgan fingerprint density at radius 2 is 2.28 bits per heavy atom. The minimum absolute atomic E-state index is 0.117. The summed E-state index contributed by atoms with van der Waals surface area (Å²) in [6.07, 6.45) is 2.44. The third-order valence-corrected chi connectivity index (χ3v) is 4.27. The van der Waals surface area contributed by atoms with Gasteiger partial charge in [-0.25, -0.2) is 4.39 Å². The Kier molecular flexibility index (Phi) is 5.68. The van der Waals surface area contributed by atoms with E-state index in [1.165, 1.54) is 12.1 Å². The van der Waals surface area contributed by atoms with Crippen LogP contribution in [0.2, 0.25) is 0 Å². The van der Waals surface area contributed by atoms with Crippen LogP contribution in [-0.4, -0.2) is 27.2 Å². The summed E-state index contributed by atoms with van der Waals surface area (Å²) < 4.78 is 24.3. The van der Waals surface area contributed by atoms with Crippen molar-refractivity contribution in [2.75, 3.05) is 18.1 Å². The second-order valence-corrected chi connectivity index (χ2v) is 6.32. The lowest BCUT2D eigenvalue weighted by molar-refractivity contribution is 0.627. The van der Waals surface area contributed by atoms with Gasteiger partial charge in [0, 0.05) is 40.1 Å². The lowest BCUT2D eigenvalue weighted by Crippen LogP contribution is -2.17. The standard InChI is InChI=1S/C12H17FN2OS2/c1-8(18(2)16)5-6-15-11-4-3-9(13)7-10(11)12(14)17/h3-4,7-8,15H,5-6H2,1-2H3,(H2,14,17). The molecule has 0 amide bonds. The van der Waals surface area contributed by atoms with Crippen molar-refractivity contribution < 1.29 is 8.60 Å². The highest BCUT2D eigenvalue weighted by molar-refractivity contribution is 7.84. The van der Waals surface area contributed by atoms with Crippen LogP contribution in [0.25, 0.3) is 0 Å². The predicted octanol–water partition coefficient (Wildman–Crippen LogP) is 2.03. The normalized spacial score (nSPS) is 13.9. The summed E-state index contributed by atoms with van der Waals surface area (Å²) in [5.74, 6) is -0.369. The molecule has 0 bridgehead atoms. The molecule has 3 N–H and O–H groups in total. The molecule has 0 saturated heterocycles. The number of hydrogen-bond donors (Lipinski definition) is 2. The van der Waals surface area contributed by atoms with Crippen molar-refractivity contribution in [2.45, 2.75) is 18.6 Å². The van der Waals surface area contributed by atoms with Crippen LogP contribution >= 0.6 is 12.2 Å². The van der Waals surface area contributed by atoms with Gasteiger partial charge in [-0.3, -0.25) is 4.21 Å². The first-order valence-electron chi connectivity index (χ1n) is 5.57. The molecule has 0 radical (unpaired) electrons. The molecule has 2 unspecified atom stereocenters. The first-order chi connectivity index (χ1) is 8.41. The predicted molar refractivity (Wildman–Crippen MR) is 78.9 cm³/mol. The Morgan fingerprint density at radius 1 is 1.61 bits per heavy atom. The van der Waals surface area contributed by atoms with E-state index in [-0.39, 0.29) is 16.1 Å². The van der Waals surface area contributed by atoms with Gasteiger partial charge in [-0.2, -0.15) is 0 Å². The van der Waals surface area contributed by atoms with Gasteiger partial charge in [0.2, 0.25) is 0 Å². The van der Waals surface area contributed by atoms with Crippen LogP contribution < -0.4 is 11.1 Å². The Hall–Kier alpha value is -1.01. The van der Waals surface area contributed by atoms with Crippen molar-refractivity contribution in [3.05, 3.63) is 29.6 Å². The topological polar surface area (TPSA) is 55.1 Å². The first kappa shape index (κ1) is 15.0. The quantitative estimate of drug-likeness (QED) is 0.787. The number of rotatable bonds is 6. The smallest absolute Gasteiger partial charge is 0.124 e. The molecule has 0 fully saturated rings. The van der Waals surface area contributed by atoms with Crippen molar-refractivity contribution in [2.24, 2.45) is 5.73 Å². The van der Waals surface area contributed by atoms with Crippen LogP contribution in [0.15, 0.2) is 18.2 Å². The van der Waals surface area contributed by atoms with Crippen LogP contribution in [0.5, 0.6) is 0 Å². The highest BCUT2D eigenvalue weighted by Gasteiger charge is 2.08. The second kappa shape index (κ2) is 6.80. The fraction of sp³-hybridized carbons (Fsp3) is 0.417. The van der Waals surface area contributed by atoms with E-state index in [9.17, 15) is 8.60 Å². The molecule has 1 aromatic carbocycles. The molecular weight excluding hydrogens is 271 g/mol. The molecular formula is C12H17FN2OS2. The summed E-state index contributed by atoms with van der Waals surface area (Å²) in [4.78, 5) is 0.157. The fourth-order valence-electron chi connectivity index (χ4n) is 1.45. The lowest BCUT2D eigenvalue weighted by Gasteiger charge is -2.13. The zero-order chi connectivity index (χ0) is 13.7. The van der Waals surface area contributed by atoms with Gasteiger partial charge in [0.1, 0.15) is 10.8 Å². The fourth-order valence-corrected chi connectivity index (χ4v) is 2.07. The average Bonchev–Trinajstić information content (AvgIpc) is 2.30. The Labute approximate surface area is 114 Å². The monoisotopic (exact) mass is 288 g/mol. The maximum atomic E-state index is 13.1. The highest BCUT2D eigenvalue weighted by Crippen LogP contribution is 2.17. The average molecular weight is 288 g/mol. The van der Waals surface area contributed by atoms with Gasteiger partial charge >= 0.3 is 0 Å². The van der Waals surface area contributed by atoms with E-state index < -0.39 is 10.8 Å². The van der Waals surface area contributed by atoms with Crippen molar-refractivity contribution in [1.82, 2.24) is 0 Å². The largest absolute Gasteiger partial charge is 0.389 e. The summed E-state index contributed by atoms with van der Waals surface area (Å²) >= 11 is 4.88. The van der Waals surface area contributed by atoms with Gasteiger partial charge < -0.3 is 11.1 Å². The molecule has 100 valence electrons. The number of nitrogens with two attached hydrogens (primary N) is 1. The van der Waals surface area contributed by atoms with Crippen LogP contribution in [0.4, 0.5) is 10.1 Å². The Balaban J connectivity index is 2.67. The summed E-state index contributed by atoms with van der Waals surface area (Å²) in [7, 11) is -0.836. The number of hydrogen-bond acceptors (Lipinski definition) is 3. The SMILES string of the molecule is CC(CCNc1ccc(F)cc1C(N)=S)S(C)=O. The number of thiocarbonyl (C=S) groups is 1. The molecule has 0 spiro atoms. The van der Waals surface area contributed by atoms with Gasteiger partial charge in [-0.05, 0) is 24.6 Å². The molecule has 0 aromatic heterocycles. The molecule has 18 heavy (non-hydrogen) atoms. The molecule has 0 saturated carbocycles. The molecule has 0 aliphatic heterocycles. The lowest BCUT2D eigenvalue weighted by atomic mass is 10.1. The van der Waals surface area contributed by atoms with Crippen LogP contribution in [0.3, 0.4) is 0 Å². The first-order valence-corrected chi connectivity index (χ1v) is 7.60. The third-order valence-electron chi connectivity index (χ3n) is 2.68. The molecule has 3 nitrogen and oxygen atoms in total. The summed E-state index contributed by atoms with van der Waals surface area (Å²) in [5.41, 5.74) is 6.74. The van der Waals surface area contributed by atoms with Crippen LogP contribution in [-0.2, 0) is 10.8 Å². The van der Waals surface area contributed by atoms with E-state index in [1.807, 2.05) is 6.92 Å². The number of anilines is 1. The van der Waals surface area contributed by atoms with Crippen LogP contribution in [0, 0.1) is 5.82 Å². The van der Waals surface area contributed by atoms with Crippen LogP contribution in [0.1, 0.15) is 18.9 Å². The summed E-state index contributed by atoms with van der Waals surface area (Å²) in [6, 6.07) is 4.27. The van der Waals surface area contributed by atoms with E-state index in [2.05, 4.69) is 5.32 Å². The summed E-state index contributed by atoms with van der Waals surface area (Å²) in [6.45, 7) is 2.57.